The number of nitrogens with one attached hydrogen (secondary N) is 1. The molecule has 2 rings (SSSR count). The SMILES string of the molecule is C[C@H](NC(=O)OCc1ccccc1)c1nnc(Br)n1C. The van der Waals surface area contributed by atoms with Gasteiger partial charge in [0.1, 0.15) is 6.61 Å². The average Bonchev–Trinajstić information content (AvgIpc) is 2.78. The normalized spacial score (nSPS) is 11.9. The van der Waals surface area contributed by atoms with E-state index < -0.39 is 6.09 Å². The number of amides is 1. The fraction of sp³-hybridized carbons (Fsp3) is 0.308. The molecule has 1 N–H and O–H groups in total. The van der Waals surface area contributed by atoms with Crippen LogP contribution in [0, 0.1) is 0 Å². The Bertz CT molecular complexity index is 585. The molecule has 0 radical (unpaired) electrons. The molecule has 0 aliphatic carbocycles. The van der Waals surface area contributed by atoms with Crippen LogP contribution in [0.1, 0.15) is 24.4 Å². The molecule has 0 aliphatic rings. The molecule has 7 heteroatoms. The molecule has 1 aromatic heterocycles. The van der Waals surface area contributed by atoms with Crippen molar-refractivity contribution in [3.8, 4) is 0 Å². The largest absolute Gasteiger partial charge is 0.445 e. The van der Waals surface area contributed by atoms with Crippen molar-refractivity contribution >= 4 is 22.0 Å². The second-order valence-corrected chi connectivity index (χ2v) is 5.02. The maximum absolute atomic E-state index is 11.7. The number of halogens is 1. The van der Waals surface area contributed by atoms with Crippen LogP contribution in [-0.4, -0.2) is 20.9 Å². The zero-order chi connectivity index (χ0) is 14.5. The van der Waals surface area contributed by atoms with E-state index in [4.69, 9.17) is 4.74 Å². The van der Waals surface area contributed by atoms with Crippen LogP contribution in [0.5, 0.6) is 0 Å². The Balaban J connectivity index is 1.87. The number of ether oxygens (including phenoxy) is 1. The third-order valence-electron chi connectivity index (χ3n) is 2.79. The van der Waals surface area contributed by atoms with Gasteiger partial charge in [-0.25, -0.2) is 4.79 Å². The molecule has 1 aromatic carbocycles. The minimum Gasteiger partial charge on any atom is -0.445 e. The van der Waals surface area contributed by atoms with Gasteiger partial charge in [0.2, 0.25) is 0 Å². The molecule has 0 saturated heterocycles. The van der Waals surface area contributed by atoms with Crippen LogP contribution < -0.4 is 5.32 Å². The molecule has 1 amide bonds. The van der Waals surface area contributed by atoms with Gasteiger partial charge in [-0.1, -0.05) is 30.3 Å². The number of hydrogen-bond donors (Lipinski definition) is 1. The first kappa shape index (κ1) is 14.5. The molecular formula is C13H15BrN4O2. The average molecular weight is 339 g/mol. The van der Waals surface area contributed by atoms with Gasteiger partial charge in [-0.3, -0.25) is 0 Å². The van der Waals surface area contributed by atoms with Crippen LogP contribution in [-0.2, 0) is 18.4 Å². The van der Waals surface area contributed by atoms with E-state index in [9.17, 15) is 4.79 Å². The summed E-state index contributed by atoms with van der Waals surface area (Å²) in [6.45, 7) is 2.06. The van der Waals surface area contributed by atoms with E-state index in [-0.39, 0.29) is 12.6 Å². The highest BCUT2D eigenvalue weighted by molar-refractivity contribution is 9.10. The van der Waals surface area contributed by atoms with Gasteiger partial charge in [0.15, 0.2) is 10.6 Å². The Morgan fingerprint density at radius 3 is 2.70 bits per heavy atom. The third kappa shape index (κ3) is 3.57. The second kappa shape index (κ2) is 6.51. The molecule has 20 heavy (non-hydrogen) atoms. The number of hydrogen-bond acceptors (Lipinski definition) is 4. The fourth-order valence-corrected chi connectivity index (χ4v) is 1.97. The Morgan fingerprint density at radius 2 is 2.10 bits per heavy atom. The van der Waals surface area contributed by atoms with E-state index in [0.29, 0.717) is 10.6 Å². The van der Waals surface area contributed by atoms with Crippen molar-refractivity contribution in [3.05, 3.63) is 46.5 Å². The number of carbonyl (C=O) groups is 1. The molecule has 1 atom stereocenters. The maximum atomic E-state index is 11.7. The van der Waals surface area contributed by atoms with E-state index >= 15 is 0 Å². The molecule has 106 valence electrons. The zero-order valence-electron chi connectivity index (χ0n) is 11.2. The van der Waals surface area contributed by atoms with Crippen LogP contribution in [0.3, 0.4) is 0 Å². The summed E-state index contributed by atoms with van der Waals surface area (Å²) in [6, 6.07) is 9.22. The van der Waals surface area contributed by atoms with Crippen molar-refractivity contribution in [1.82, 2.24) is 20.1 Å². The van der Waals surface area contributed by atoms with Gasteiger partial charge in [0.25, 0.3) is 0 Å². The lowest BCUT2D eigenvalue weighted by atomic mass is 10.2. The molecule has 0 bridgehead atoms. The second-order valence-electron chi connectivity index (χ2n) is 4.31. The Kier molecular flexibility index (Phi) is 4.73. The predicted molar refractivity (Wildman–Crippen MR) is 76.9 cm³/mol. The molecule has 6 nitrogen and oxygen atoms in total. The van der Waals surface area contributed by atoms with Gasteiger partial charge >= 0.3 is 6.09 Å². The monoisotopic (exact) mass is 338 g/mol. The van der Waals surface area contributed by atoms with Gasteiger partial charge in [-0.15, -0.1) is 10.2 Å². The number of nitrogens with zero attached hydrogens (tertiary/aromatic N) is 3. The first-order chi connectivity index (χ1) is 9.58. The van der Waals surface area contributed by atoms with E-state index in [2.05, 4.69) is 31.4 Å². The van der Waals surface area contributed by atoms with Crippen LogP contribution in [0.25, 0.3) is 0 Å². The number of benzene rings is 1. The van der Waals surface area contributed by atoms with Gasteiger partial charge in [0, 0.05) is 7.05 Å². The van der Waals surface area contributed by atoms with Crippen LogP contribution in [0.2, 0.25) is 0 Å². The van der Waals surface area contributed by atoms with Crippen molar-refractivity contribution < 1.29 is 9.53 Å². The molecular weight excluding hydrogens is 324 g/mol. The van der Waals surface area contributed by atoms with Crippen molar-refractivity contribution in [1.29, 1.82) is 0 Å². The summed E-state index contributed by atoms with van der Waals surface area (Å²) < 4.78 is 7.51. The predicted octanol–water partition coefficient (Wildman–Crippen LogP) is 2.57. The third-order valence-corrected chi connectivity index (χ3v) is 3.48. The molecule has 0 spiro atoms. The molecule has 0 fully saturated rings. The summed E-state index contributed by atoms with van der Waals surface area (Å²) in [7, 11) is 1.81. The van der Waals surface area contributed by atoms with Gasteiger partial charge < -0.3 is 14.6 Å². The summed E-state index contributed by atoms with van der Waals surface area (Å²) in [4.78, 5) is 11.7. The van der Waals surface area contributed by atoms with Crippen LogP contribution in [0.15, 0.2) is 35.1 Å². The number of rotatable bonds is 4. The van der Waals surface area contributed by atoms with Crippen molar-refractivity contribution in [2.24, 2.45) is 7.05 Å². The highest BCUT2D eigenvalue weighted by Gasteiger charge is 2.16. The summed E-state index contributed by atoms with van der Waals surface area (Å²) >= 11 is 3.26. The Hall–Kier alpha value is -1.89. The first-order valence-electron chi connectivity index (χ1n) is 6.10. The zero-order valence-corrected chi connectivity index (χ0v) is 12.8. The quantitative estimate of drug-likeness (QED) is 0.930. The summed E-state index contributed by atoms with van der Waals surface area (Å²) in [5.41, 5.74) is 0.941. The number of alkyl carbamates (subject to hydrolysis) is 1. The van der Waals surface area contributed by atoms with Crippen molar-refractivity contribution in [3.63, 3.8) is 0 Å². The minimum atomic E-state index is -0.486. The summed E-state index contributed by atoms with van der Waals surface area (Å²) in [5, 5.41) is 10.6. The fourth-order valence-electron chi connectivity index (χ4n) is 1.70. The van der Waals surface area contributed by atoms with Crippen LogP contribution >= 0.6 is 15.9 Å². The maximum Gasteiger partial charge on any atom is 0.408 e. The highest BCUT2D eigenvalue weighted by Crippen LogP contribution is 2.13. The lowest BCUT2D eigenvalue weighted by Crippen LogP contribution is -2.29. The molecule has 0 unspecified atom stereocenters. The Labute approximate surface area is 125 Å². The van der Waals surface area contributed by atoms with Gasteiger partial charge in [-0.2, -0.15) is 0 Å². The topological polar surface area (TPSA) is 69.0 Å². The summed E-state index contributed by atoms with van der Waals surface area (Å²) in [5.74, 6) is 0.647. The molecule has 0 aliphatic heterocycles. The lowest BCUT2D eigenvalue weighted by molar-refractivity contribution is 0.136. The minimum absolute atomic E-state index is 0.238. The van der Waals surface area contributed by atoms with Crippen molar-refractivity contribution in [2.45, 2.75) is 19.6 Å². The van der Waals surface area contributed by atoms with Gasteiger partial charge in [-0.05, 0) is 28.4 Å². The molecule has 2 aromatic rings. The van der Waals surface area contributed by atoms with E-state index in [1.54, 1.807) is 4.57 Å². The van der Waals surface area contributed by atoms with E-state index in [1.807, 2.05) is 44.3 Å². The van der Waals surface area contributed by atoms with Gasteiger partial charge in [0.05, 0.1) is 6.04 Å². The lowest BCUT2D eigenvalue weighted by Gasteiger charge is -2.13. The highest BCUT2D eigenvalue weighted by atomic mass is 79.9. The van der Waals surface area contributed by atoms with E-state index in [1.165, 1.54) is 0 Å². The summed E-state index contributed by atoms with van der Waals surface area (Å²) in [6.07, 6.45) is -0.486. The van der Waals surface area contributed by atoms with Crippen LogP contribution in [0.4, 0.5) is 4.79 Å². The number of aromatic nitrogens is 3. The smallest absolute Gasteiger partial charge is 0.408 e. The number of carbonyl (C=O) groups excluding carboxylic acids is 1. The standard InChI is InChI=1S/C13H15BrN4O2/c1-9(11-16-17-12(14)18(11)2)15-13(19)20-8-10-6-4-3-5-7-10/h3-7,9H,8H2,1-2H3,(H,15,19)/t9-/m0/s1. The molecule has 1 heterocycles. The first-order valence-corrected chi connectivity index (χ1v) is 6.89. The van der Waals surface area contributed by atoms with Crippen molar-refractivity contribution in [2.75, 3.05) is 0 Å². The molecule has 0 saturated carbocycles. The Morgan fingerprint density at radius 1 is 1.40 bits per heavy atom. The van der Waals surface area contributed by atoms with E-state index in [0.717, 1.165) is 5.56 Å².